The number of carbonyl (C=O) groups is 1. The summed E-state index contributed by atoms with van der Waals surface area (Å²) in [6.45, 7) is -1.46. The lowest BCUT2D eigenvalue weighted by molar-refractivity contribution is -0.143. The SMILES string of the molecule is O=C1N[C@@H](c2cc(C(F)(F)F)cc(C(F)(F)F)c2)C(F)(F)CO1. The van der Waals surface area contributed by atoms with Crippen LogP contribution in [-0.4, -0.2) is 18.6 Å². The van der Waals surface area contributed by atoms with E-state index in [9.17, 15) is 39.9 Å². The van der Waals surface area contributed by atoms with Gasteiger partial charge >= 0.3 is 24.4 Å². The van der Waals surface area contributed by atoms with Crippen LogP contribution in [0.25, 0.3) is 0 Å². The minimum Gasteiger partial charge on any atom is -0.443 e. The summed E-state index contributed by atoms with van der Waals surface area (Å²) in [5, 5.41) is 1.53. The van der Waals surface area contributed by atoms with Gasteiger partial charge in [-0.3, -0.25) is 0 Å². The normalized spacial score (nSPS) is 21.6. The smallest absolute Gasteiger partial charge is 0.416 e. The zero-order chi connectivity index (χ0) is 17.6. The third kappa shape index (κ3) is 3.64. The van der Waals surface area contributed by atoms with Crippen molar-refractivity contribution in [3.63, 3.8) is 0 Å². The monoisotopic (exact) mass is 349 g/mol. The first-order valence-electron chi connectivity index (χ1n) is 5.91. The lowest BCUT2D eigenvalue weighted by atomic mass is 9.95. The van der Waals surface area contributed by atoms with Gasteiger partial charge in [0.15, 0.2) is 6.61 Å². The van der Waals surface area contributed by atoms with Crippen LogP contribution >= 0.6 is 0 Å². The Bertz CT molecular complexity index is 590. The summed E-state index contributed by atoms with van der Waals surface area (Å²) in [6.07, 6.45) is -11.7. The molecule has 1 amide bonds. The zero-order valence-corrected chi connectivity index (χ0v) is 10.9. The van der Waals surface area contributed by atoms with Crippen LogP contribution in [0, 0.1) is 0 Å². The molecule has 1 saturated heterocycles. The highest BCUT2D eigenvalue weighted by molar-refractivity contribution is 5.69. The summed E-state index contributed by atoms with van der Waals surface area (Å²) < 4.78 is 108. The van der Waals surface area contributed by atoms with Gasteiger partial charge < -0.3 is 10.1 Å². The van der Waals surface area contributed by atoms with Gasteiger partial charge in [0.2, 0.25) is 0 Å². The van der Waals surface area contributed by atoms with Crippen molar-refractivity contribution in [2.24, 2.45) is 0 Å². The molecule has 23 heavy (non-hydrogen) atoms. The second kappa shape index (κ2) is 5.24. The molecule has 0 unspecified atom stereocenters. The van der Waals surface area contributed by atoms with E-state index in [4.69, 9.17) is 0 Å². The Balaban J connectivity index is 2.59. The second-order valence-electron chi connectivity index (χ2n) is 4.75. The number of rotatable bonds is 1. The molecule has 2 rings (SSSR count). The van der Waals surface area contributed by atoms with E-state index in [0.717, 1.165) is 0 Å². The molecule has 1 N–H and O–H groups in total. The van der Waals surface area contributed by atoms with Crippen LogP contribution in [0.5, 0.6) is 0 Å². The largest absolute Gasteiger partial charge is 0.443 e. The fourth-order valence-electron chi connectivity index (χ4n) is 1.98. The van der Waals surface area contributed by atoms with Crippen LogP contribution in [0.2, 0.25) is 0 Å². The maximum Gasteiger partial charge on any atom is 0.416 e. The molecule has 1 fully saturated rings. The van der Waals surface area contributed by atoms with Gasteiger partial charge in [-0.1, -0.05) is 0 Å². The summed E-state index contributed by atoms with van der Waals surface area (Å²) in [5.41, 5.74) is -4.52. The Hall–Kier alpha value is -2.07. The Morgan fingerprint density at radius 1 is 1.00 bits per heavy atom. The number of hydrogen-bond acceptors (Lipinski definition) is 2. The molecular weight excluding hydrogens is 342 g/mol. The van der Waals surface area contributed by atoms with E-state index < -0.39 is 53.7 Å². The molecule has 0 radical (unpaired) electrons. The topological polar surface area (TPSA) is 38.3 Å². The Morgan fingerprint density at radius 3 is 1.91 bits per heavy atom. The van der Waals surface area contributed by atoms with Crippen LogP contribution in [0.1, 0.15) is 22.7 Å². The van der Waals surface area contributed by atoms with Gasteiger partial charge in [-0.2, -0.15) is 26.3 Å². The van der Waals surface area contributed by atoms with E-state index in [1.807, 2.05) is 0 Å². The molecule has 11 heteroatoms. The number of carbonyl (C=O) groups excluding carboxylic acids is 1. The van der Waals surface area contributed by atoms with Crippen LogP contribution in [0.15, 0.2) is 18.2 Å². The fraction of sp³-hybridized carbons (Fsp3) is 0.417. The number of cyclic esters (lactones) is 1. The first-order valence-corrected chi connectivity index (χ1v) is 5.91. The minimum atomic E-state index is -5.18. The van der Waals surface area contributed by atoms with Crippen LogP contribution in [0.3, 0.4) is 0 Å². The highest BCUT2D eigenvalue weighted by Gasteiger charge is 2.48. The summed E-state index contributed by atoms with van der Waals surface area (Å²) in [4.78, 5) is 11.0. The molecule has 1 aromatic carbocycles. The number of alkyl halides is 8. The van der Waals surface area contributed by atoms with Crippen LogP contribution < -0.4 is 5.32 Å². The summed E-state index contributed by atoms with van der Waals surface area (Å²) in [6, 6.07) is -2.28. The lowest BCUT2D eigenvalue weighted by Gasteiger charge is -2.32. The van der Waals surface area contributed by atoms with Crippen molar-refractivity contribution >= 4 is 6.09 Å². The maximum absolute atomic E-state index is 13.7. The molecule has 0 aromatic heterocycles. The van der Waals surface area contributed by atoms with E-state index in [0.29, 0.717) is 0 Å². The number of ether oxygens (including phenoxy) is 1. The third-order valence-corrected chi connectivity index (χ3v) is 3.02. The van der Waals surface area contributed by atoms with Crippen molar-refractivity contribution in [1.29, 1.82) is 0 Å². The first kappa shape index (κ1) is 17.3. The van der Waals surface area contributed by atoms with Gasteiger partial charge in [-0.25, -0.2) is 13.6 Å². The summed E-state index contributed by atoms with van der Waals surface area (Å²) in [5.74, 6) is -3.87. The molecule has 1 aromatic rings. The molecule has 1 aliphatic rings. The quantitative estimate of drug-likeness (QED) is 0.774. The molecular formula is C12H7F8NO2. The predicted molar refractivity (Wildman–Crippen MR) is 58.6 cm³/mol. The molecule has 1 atom stereocenters. The lowest BCUT2D eigenvalue weighted by Crippen LogP contribution is -2.49. The molecule has 0 aliphatic carbocycles. The van der Waals surface area contributed by atoms with Crippen molar-refractivity contribution in [1.82, 2.24) is 5.32 Å². The summed E-state index contributed by atoms with van der Waals surface area (Å²) >= 11 is 0. The van der Waals surface area contributed by atoms with Gasteiger partial charge in [0.05, 0.1) is 11.1 Å². The molecule has 3 nitrogen and oxygen atoms in total. The van der Waals surface area contributed by atoms with Gasteiger partial charge in [-0.05, 0) is 23.8 Å². The standard InChI is InChI=1S/C12H7F8NO2/c13-10(14)4-23-9(22)21-8(10)5-1-6(11(15,16)17)3-7(2-5)12(18,19)20/h1-3,8H,4H2,(H,21,22)/t8-/m0/s1. The zero-order valence-electron chi connectivity index (χ0n) is 10.9. The molecule has 128 valence electrons. The van der Waals surface area contributed by atoms with Crippen molar-refractivity contribution in [3.8, 4) is 0 Å². The molecule has 0 bridgehead atoms. The van der Waals surface area contributed by atoms with Crippen LogP contribution in [-0.2, 0) is 17.1 Å². The highest BCUT2D eigenvalue weighted by atomic mass is 19.4. The van der Waals surface area contributed by atoms with Crippen molar-refractivity contribution in [2.75, 3.05) is 6.61 Å². The van der Waals surface area contributed by atoms with Gasteiger partial charge in [0.25, 0.3) is 0 Å². The van der Waals surface area contributed by atoms with Crippen molar-refractivity contribution in [3.05, 3.63) is 34.9 Å². The van der Waals surface area contributed by atoms with E-state index in [1.54, 1.807) is 0 Å². The average molecular weight is 349 g/mol. The number of benzene rings is 1. The first-order chi connectivity index (χ1) is 10.3. The Labute approximate surface area is 123 Å². The van der Waals surface area contributed by atoms with Gasteiger partial charge in [-0.15, -0.1) is 0 Å². The Kier molecular flexibility index (Phi) is 3.94. The third-order valence-electron chi connectivity index (χ3n) is 3.02. The number of nitrogens with one attached hydrogen (secondary N) is 1. The maximum atomic E-state index is 13.7. The fourth-order valence-corrected chi connectivity index (χ4v) is 1.98. The average Bonchev–Trinajstić information content (AvgIpc) is 2.39. The van der Waals surface area contributed by atoms with E-state index in [-0.39, 0.29) is 18.2 Å². The number of hydrogen-bond donors (Lipinski definition) is 1. The molecule has 1 heterocycles. The van der Waals surface area contributed by atoms with Crippen LogP contribution in [0.4, 0.5) is 39.9 Å². The number of alkyl carbamates (subject to hydrolysis) is 1. The van der Waals surface area contributed by atoms with Gasteiger partial charge in [0.1, 0.15) is 6.04 Å². The Morgan fingerprint density at radius 2 is 1.48 bits per heavy atom. The number of halogens is 8. The summed E-state index contributed by atoms with van der Waals surface area (Å²) in [7, 11) is 0. The van der Waals surface area contributed by atoms with E-state index in [1.165, 1.54) is 5.32 Å². The van der Waals surface area contributed by atoms with Gasteiger partial charge in [0, 0.05) is 0 Å². The highest BCUT2D eigenvalue weighted by Crippen LogP contribution is 2.41. The van der Waals surface area contributed by atoms with E-state index in [2.05, 4.69) is 4.74 Å². The van der Waals surface area contributed by atoms with E-state index >= 15 is 0 Å². The van der Waals surface area contributed by atoms with Crippen molar-refractivity contribution < 1.29 is 44.7 Å². The number of amides is 1. The molecule has 0 saturated carbocycles. The molecule has 1 aliphatic heterocycles. The second-order valence-corrected chi connectivity index (χ2v) is 4.75. The molecule has 0 spiro atoms. The predicted octanol–water partition coefficient (Wildman–Crippen LogP) is 4.14. The minimum absolute atomic E-state index is 0.138. The van der Waals surface area contributed by atoms with Crippen molar-refractivity contribution in [2.45, 2.75) is 24.3 Å².